The maximum atomic E-state index is 10.5. The number of anilines is 2. The molecule has 2 rings (SSSR count). The van der Waals surface area contributed by atoms with E-state index in [0.717, 1.165) is 29.6 Å². The number of carboxylic acid groups (broad SMARTS) is 1. The van der Waals surface area contributed by atoms with Gasteiger partial charge >= 0.3 is 5.97 Å². The number of hydrogen-bond acceptors (Lipinski definition) is 7. The van der Waals surface area contributed by atoms with Gasteiger partial charge in [-0.05, 0) is 6.42 Å². The molecule has 0 aliphatic rings. The quantitative estimate of drug-likeness (QED) is 0.785. The van der Waals surface area contributed by atoms with Crippen molar-refractivity contribution in [3.8, 4) is 0 Å². The molecule has 0 saturated carbocycles. The molecular weight excluding hydrogens is 286 g/mol. The second-order valence-corrected chi connectivity index (χ2v) is 5.90. The molecule has 0 spiro atoms. The summed E-state index contributed by atoms with van der Waals surface area (Å²) in [6.07, 6.45) is 2.70. The second kappa shape index (κ2) is 6.02. The minimum absolute atomic E-state index is 0.0122. The van der Waals surface area contributed by atoms with Crippen LogP contribution in [0.5, 0.6) is 0 Å². The molecule has 2 heterocycles. The third-order valence-electron chi connectivity index (χ3n) is 2.21. The van der Waals surface area contributed by atoms with Crippen LogP contribution in [0.2, 0.25) is 0 Å². The Bertz CT molecular complexity index is 580. The van der Waals surface area contributed by atoms with Crippen LogP contribution in [-0.2, 0) is 18.3 Å². The summed E-state index contributed by atoms with van der Waals surface area (Å²) < 4.78 is 2.37. The van der Waals surface area contributed by atoms with Crippen molar-refractivity contribution in [1.82, 2.24) is 20.0 Å². The summed E-state index contributed by atoms with van der Waals surface area (Å²) in [6, 6.07) is 0. The summed E-state index contributed by atoms with van der Waals surface area (Å²) in [6.45, 7) is 2.03. The van der Waals surface area contributed by atoms with E-state index in [0.29, 0.717) is 9.47 Å². The number of aromatic nitrogens is 4. The predicted octanol–water partition coefficient (Wildman–Crippen LogP) is 1.75. The first-order chi connectivity index (χ1) is 9.08. The van der Waals surface area contributed by atoms with E-state index < -0.39 is 5.97 Å². The van der Waals surface area contributed by atoms with E-state index in [2.05, 4.69) is 20.6 Å². The Hall–Kier alpha value is -1.61. The lowest BCUT2D eigenvalue weighted by Gasteiger charge is -1.98. The molecule has 0 atom stereocenters. The van der Waals surface area contributed by atoms with Crippen molar-refractivity contribution < 1.29 is 9.90 Å². The number of carbonyl (C=O) groups is 1. The van der Waals surface area contributed by atoms with Crippen molar-refractivity contribution >= 4 is 39.9 Å². The van der Waals surface area contributed by atoms with Gasteiger partial charge in [0.2, 0.25) is 5.13 Å². The number of nitrogens with zero attached hydrogens (tertiary/aromatic N) is 4. The Balaban J connectivity index is 2.04. The Morgan fingerprint density at radius 1 is 1.58 bits per heavy atom. The SMILES string of the molecule is CCc1nn(C)cc1Nc1nnc(SCC(=O)O)s1. The molecule has 0 radical (unpaired) electrons. The number of nitrogens with one attached hydrogen (secondary N) is 1. The molecule has 0 aliphatic heterocycles. The third kappa shape index (κ3) is 3.67. The van der Waals surface area contributed by atoms with Crippen LogP contribution in [0.25, 0.3) is 0 Å². The molecule has 0 fully saturated rings. The second-order valence-electron chi connectivity index (χ2n) is 3.70. The number of thioether (sulfide) groups is 1. The zero-order valence-corrected chi connectivity index (χ0v) is 12.1. The Morgan fingerprint density at radius 3 is 3.05 bits per heavy atom. The Kier molecular flexibility index (Phi) is 4.38. The number of carboxylic acids is 1. The molecule has 2 aromatic heterocycles. The minimum atomic E-state index is -0.866. The lowest BCUT2D eigenvalue weighted by molar-refractivity contribution is -0.133. The molecule has 0 saturated heterocycles. The molecule has 0 bridgehead atoms. The fraction of sp³-hybridized carbons (Fsp3) is 0.400. The third-order valence-corrected chi connectivity index (χ3v) is 4.16. The Morgan fingerprint density at radius 2 is 2.37 bits per heavy atom. The van der Waals surface area contributed by atoms with Crippen molar-refractivity contribution in [1.29, 1.82) is 0 Å². The van der Waals surface area contributed by atoms with Gasteiger partial charge in [0.25, 0.3) is 0 Å². The van der Waals surface area contributed by atoms with Gasteiger partial charge in [-0.3, -0.25) is 9.48 Å². The van der Waals surface area contributed by atoms with Crippen molar-refractivity contribution in [3.63, 3.8) is 0 Å². The predicted molar refractivity (Wildman–Crippen MR) is 74.1 cm³/mol. The summed E-state index contributed by atoms with van der Waals surface area (Å²) in [5.74, 6) is -0.878. The summed E-state index contributed by atoms with van der Waals surface area (Å²) in [7, 11) is 1.86. The van der Waals surface area contributed by atoms with E-state index in [4.69, 9.17) is 5.11 Å². The maximum absolute atomic E-state index is 10.5. The van der Waals surface area contributed by atoms with Crippen LogP contribution >= 0.6 is 23.1 Å². The average Bonchev–Trinajstić information content (AvgIpc) is 2.94. The van der Waals surface area contributed by atoms with Crippen molar-refractivity contribution in [2.45, 2.75) is 17.7 Å². The summed E-state index contributed by atoms with van der Waals surface area (Å²) >= 11 is 2.49. The van der Waals surface area contributed by atoms with Crippen LogP contribution in [0, 0.1) is 0 Å². The molecule has 2 aromatic rings. The van der Waals surface area contributed by atoms with Crippen LogP contribution in [0.4, 0.5) is 10.8 Å². The normalized spacial score (nSPS) is 10.6. The van der Waals surface area contributed by atoms with Crippen LogP contribution < -0.4 is 5.32 Å². The minimum Gasteiger partial charge on any atom is -0.481 e. The smallest absolute Gasteiger partial charge is 0.313 e. The van der Waals surface area contributed by atoms with Crippen LogP contribution in [0.1, 0.15) is 12.6 Å². The van der Waals surface area contributed by atoms with Gasteiger partial charge in [0.15, 0.2) is 4.34 Å². The van der Waals surface area contributed by atoms with Gasteiger partial charge < -0.3 is 10.4 Å². The van der Waals surface area contributed by atoms with Crippen molar-refractivity contribution in [3.05, 3.63) is 11.9 Å². The van der Waals surface area contributed by atoms with Gasteiger partial charge in [-0.15, -0.1) is 10.2 Å². The van der Waals surface area contributed by atoms with E-state index >= 15 is 0 Å². The molecule has 0 unspecified atom stereocenters. The molecule has 0 aromatic carbocycles. The number of hydrogen-bond donors (Lipinski definition) is 2. The Labute approximate surface area is 118 Å². The van der Waals surface area contributed by atoms with Crippen LogP contribution in [0.3, 0.4) is 0 Å². The average molecular weight is 299 g/mol. The highest BCUT2D eigenvalue weighted by molar-refractivity contribution is 8.01. The first-order valence-corrected chi connectivity index (χ1v) is 7.36. The topological polar surface area (TPSA) is 92.9 Å². The number of aryl methyl sites for hydroxylation is 2. The summed E-state index contributed by atoms with van der Waals surface area (Å²) in [4.78, 5) is 10.5. The van der Waals surface area contributed by atoms with E-state index in [-0.39, 0.29) is 5.75 Å². The van der Waals surface area contributed by atoms with E-state index in [9.17, 15) is 4.79 Å². The van der Waals surface area contributed by atoms with Gasteiger partial charge in [0, 0.05) is 13.2 Å². The van der Waals surface area contributed by atoms with Gasteiger partial charge in [-0.1, -0.05) is 30.0 Å². The zero-order valence-electron chi connectivity index (χ0n) is 10.5. The van der Waals surface area contributed by atoms with E-state index in [1.165, 1.54) is 11.3 Å². The monoisotopic (exact) mass is 299 g/mol. The number of rotatable bonds is 6. The maximum Gasteiger partial charge on any atom is 0.313 e. The molecule has 9 heteroatoms. The summed E-state index contributed by atoms with van der Waals surface area (Å²) in [5.41, 5.74) is 1.85. The lowest BCUT2D eigenvalue weighted by Crippen LogP contribution is -1.96. The molecule has 19 heavy (non-hydrogen) atoms. The van der Waals surface area contributed by atoms with E-state index in [1.54, 1.807) is 4.68 Å². The highest BCUT2D eigenvalue weighted by atomic mass is 32.2. The number of aliphatic carboxylic acids is 1. The highest BCUT2D eigenvalue weighted by Crippen LogP contribution is 2.28. The molecule has 7 nitrogen and oxygen atoms in total. The summed E-state index contributed by atoms with van der Waals surface area (Å²) in [5, 5.41) is 24.6. The molecular formula is C10H13N5O2S2. The van der Waals surface area contributed by atoms with Crippen molar-refractivity contribution in [2.75, 3.05) is 11.1 Å². The van der Waals surface area contributed by atoms with Crippen LogP contribution in [-0.4, -0.2) is 36.8 Å². The standard InChI is InChI=1S/C10H13N5O2S2/c1-3-6-7(4-15(2)14-6)11-9-12-13-10(19-9)18-5-8(16)17/h4H,3,5H2,1-2H3,(H,11,12)(H,16,17). The van der Waals surface area contributed by atoms with Crippen molar-refractivity contribution in [2.24, 2.45) is 7.05 Å². The first-order valence-electron chi connectivity index (χ1n) is 5.56. The molecule has 2 N–H and O–H groups in total. The molecule has 0 aliphatic carbocycles. The first kappa shape index (κ1) is 13.8. The fourth-order valence-electron chi connectivity index (χ4n) is 1.46. The molecule has 102 valence electrons. The van der Waals surface area contributed by atoms with Gasteiger partial charge in [-0.25, -0.2) is 0 Å². The van der Waals surface area contributed by atoms with Gasteiger partial charge in [-0.2, -0.15) is 5.10 Å². The highest BCUT2D eigenvalue weighted by Gasteiger charge is 2.10. The van der Waals surface area contributed by atoms with E-state index in [1.807, 2.05) is 20.2 Å². The largest absolute Gasteiger partial charge is 0.481 e. The fourth-order valence-corrected chi connectivity index (χ4v) is 2.94. The van der Waals surface area contributed by atoms with Gasteiger partial charge in [0.1, 0.15) is 0 Å². The lowest BCUT2D eigenvalue weighted by atomic mass is 10.3. The zero-order chi connectivity index (χ0) is 13.8. The van der Waals surface area contributed by atoms with Crippen LogP contribution in [0.15, 0.2) is 10.5 Å². The molecule has 0 amide bonds. The van der Waals surface area contributed by atoms with Gasteiger partial charge in [0.05, 0.1) is 17.1 Å².